The van der Waals surface area contributed by atoms with Crippen molar-refractivity contribution in [2.45, 2.75) is 13.0 Å². The van der Waals surface area contributed by atoms with E-state index >= 15 is 0 Å². The van der Waals surface area contributed by atoms with Crippen molar-refractivity contribution in [2.75, 3.05) is 13.7 Å². The monoisotopic (exact) mass is 277 g/mol. The highest BCUT2D eigenvalue weighted by molar-refractivity contribution is 9.10. The van der Waals surface area contributed by atoms with Crippen LogP contribution in [0.5, 0.6) is 0 Å². The van der Waals surface area contributed by atoms with Crippen LogP contribution in [0, 0.1) is 5.82 Å². The average molecular weight is 278 g/mol. The summed E-state index contributed by atoms with van der Waals surface area (Å²) in [4.78, 5) is 4.43. The zero-order valence-electron chi connectivity index (χ0n) is 8.43. The molecule has 0 radical (unpaired) electrons. The lowest BCUT2D eigenvalue weighted by Crippen LogP contribution is -2.06. The van der Waals surface area contributed by atoms with Crippen molar-refractivity contribution < 1.29 is 14.0 Å². The Morgan fingerprint density at radius 1 is 1.40 bits per heavy atom. The van der Waals surface area contributed by atoms with Crippen molar-refractivity contribution in [3.63, 3.8) is 0 Å². The Labute approximate surface area is 96.4 Å². The van der Waals surface area contributed by atoms with Crippen molar-refractivity contribution in [3.05, 3.63) is 33.5 Å². The van der Waals surface area contributed by atoms with Crippen LogP contribution in [0.15, 0.2) is 16.6 Å². The molecule has 0 aromatic heterocycles. The summed E-state index contributed by atoms with van der Waals surface area (Å²) in [6, 6.07) is 3.42. The molecule has 0 fully saturated rings. The Bertz CT molecular complexity index is 333. The minimum absolute atomic E-state index is 0.252. The number of halogens is 2. The summed E-state index contributed by atoms with van der Waals surface area (Å²) in [6.45, 7) is 0.543. The molecule has 0 aliphatic carbocycles. The topological polar surface area (TPSA) is 44.5 Å². The zero-order chi connectivity index (χ0) is 11.3. The number of methoxy groups -OCH3 is 1. The van der Waals surface area contributed by atoms with Gasteiger partial charge in [-0.1, -0.05) is 15.9 Å². The van der Waals surface area contributed by atoms with E-state index in [1.54, 1.807) is 12.1 Å². The second-order valence-corrected chi connectivity index (χ2v) is 4.01. The number of hydrogen-bond acceptors (Lipinski definition) is 3. The number of benzene rings is 1. The summed E-state index contributed by atoms with van der Waals surface area (Å²) < 4.78 is 19.5. The van der Waals surface area contributed by atoms with Gasteiger partial charge in [0.1, 0.15) is 5.82 Å². The molecule has 0 saturated carbocycles. The van der Waals surface area contributed by atoms with Gasteiger partial charge in [-0.25, -0.2) is 10.3 Å². The van der Waals surface area contributed by atoms with Crippen LogP contribution in [0.2, 0.25) is 0 Å². The van der Waals surface area contributed by atoms with Crippen LogP contribution in [0.1, 0.15) is 11.1 Å². The Hall–Kier alpha value is -0.490. The highest BCUT2D eigenvalue weighted by atomic mass is 79.9. The van der Waals surface area contributed by atoms with Crippen LogP contribution in [-0.4, -0.2) is 13.7 Å². The van der Waals surface area contributed by atoms with Gasteiger partial charge in [0, 0.05) is 23.6 Å². The zero-order valence-corrected chi connectivity index (χ0v) is 10.0. The fraction of sp³-hybridized carbons (Fsp3) is 0.400. The Morgan fingerprint density at radius 3 is 2.67 bits per heavy atom. The normalized spacial score (nSPS) is 10.7. The maximum atomic E-state index is 13.8. The quantitative estimate of drug-likeness (QED) is 0.839. The standard InChI is InChI=1S/C10H13BrFNO2/c1-14-6-8-5-9(11)4-7(10(8)12)2-3-15-13/h4-5H,2-3,6,13H2,1H3. The van der Waals surface area contributed by atoms with E-state index in [1.807, 2.05) is 0 Å². The van der Waals surface area contributed by atoms with Crippen molar-refractivity contribution in [3.8, 4) is 0 Å². The first-order valence-corrected chi connectivity index (χ1v) is 5.25. The third-order valence-corrected chi connectivity index (χ3v) is 2.44. The molecule has 1 rings (SSSR count). The molecule has 84 valence electrons. The number of nitrogens with two attached hydrogens (primary N) is 1. The summed E-state index contributed by atoms with van der Waals surface area (Å²) in [7, 11) is 1.53. The number of ether oxygens (including phenoxy) is 1. The molecule has 0 saturated heterocycles. The first-order valence-electron chi connectivity index (χ1n) is 4.46. The van der Waals surface area contributed by atoms with Crippen LogP contribution < -0.4 is 5.90 Å². The van der Waals surface area contributed by atoms with Gasteiger partial charge < -0.3 is 9.57 Å². The summed E-state index contributed by atoms with van der Waals surface area (Å²) in [6.07, 6.45) is 0.443. The van der Waals surface area contributed by atoms with Crippen molar-refractivity contribution >= 4 is 15.9 Å². The molecule has 15 heavy (non-hydrogen) atoms. The van der Waals surface area contributed by atoms with Gasteiger partial charge >= 0.3 is 0 Å². The Balaban J connectivity index is 2.93. The Morgan fingerprint density at radius 2 is 2.07 bits per heavy atom. The number of hydrogen-bond donors (Lipinski definition) is 1. The molecule has 2 N–H and O–H groups in total. The maximum Gasteiger partial charge on any atom is 0.132 e. The largest absolute Gasteiger partial charge is 0.380 e. The van der Waals surface area contributed by atoms with Gasteiger partial charge in [-0.05, 0) is 17.7 Å². The molecule has 0 unspecified atom stereocenters. The van der Waals surface area contributed by atoms with Gasteiger partial charge in [-0.15, -0.1) is 0 Å². The lowest BCUT2D eigenvalue weighted by atomic mass is 10.1. The molecule has 0 heterocycles. The summed E-state index contributed by atoms with van der Waals surface area (Å²) in [5, 5.41) is 0. The molecule has 1 aromatic rings. The van der Waals surface area contributed by atoms with Crippen molar-refractivity contribution in [2.24, 2.45) is 5.90 Å². The van der Waals surface area contributed by atoms with Crippen LogP contribution in [0.4, 0.5) is 4.39 Å². The van der Waals surface area contributed by atoms with Crippen molar-refractivity contribution in [1.82, 2.24) is 0 Å². The van der Waals surface area contributed by atoms with E-state index in [0.29, 0.717) is 24.2 Å². The van der Waals surface area contributed by atoms with Gasteiger partial charge in [0.05, 0.1) is 13.2 Å². The summed E-state index contributed by atoms with van der Waals surface area (Å²) in [5.41, 5.74) is 1.10. The molecular weight excluding hydrogens is 265 g/mol. The molecule has 0 atom stereocenters. The van der Waals surface area contributed by atoms with Gasteiger partial charge in [0.15, 0.2) is 0 Å². The predicted molar refractivity (Wildman–Crippen MR) is 58.7 cm³/mol. The number of rotatable bonds is 5. The van der Waals surface area contributed by atoms with E-state index in [-0.39, 0.29) is 12.4 Å². The van der Waals surface area contributed by atoms with Crippen LogP contribution >= 0.6 is 15.9 Å². The van der Waals surface area contributed by atoms with E-state index in [0.717, 1.165) is 4.47 Å². The van der Waals surface area contributed by atoms with E-state index in [2.05, 4.69) is 20.8 Å². The van der Waals surface area contributed by atoms with E-state index in [1.165, 1.54) is 7.11 Å². The SMILES string of the molecule is COCc1cc(Br)cc(CCON)c1F. The van der Waals surface area contributed by atoms with E-state index in [4.69, 9.17) is 10.6 Å². The predicted octanol–water partition coefficient (Wildman–Crippen LogP) is 2.17. The van der Waals surface area contributed by atoms with Crippen LogP contribution in [-0.2, 0) is 22.6 Å². The lowest BCUT2D eigenvalue weighted by Gasteiger charge is -2.08. The molecule has 0 spiro atoms. The molecule has 0 amide bonds. The molecule has 5 heteroatoms. The smallest absolute Gasteiger partial charge is 0.132 e. The fourth-order valence-corrected chi connectivity index (χ4v) is 1.87. The van der Waals surface area contributed by atoms with E-state index in [9.17, 15) is 4.39 Å². The second-order valence-electron chi connectivity index (χ2n) is 3.09. The van der Waals surface area contributed by atoms with Gasteiger partial charge in [-0.2, -0.15) is 0 Å². The van der Waals surface area contributed by atoms with Crippen LogP contribution in [0.25, 0.3) is 0 Å². The summed E-state index contributed by atoms with van der Waals surface area (Å²) in [5.74, 6) is 4.65. The molecular formula is C10H13BrFNO2. The third kappa shape index (κ3) is 3.53. The van der Waals surface area contributed by atoms with Gasteiger partial charge in [-0.3, -0.25) is 0 Å². The fourth-order valence-electron chi connectivity index (χ4n) is 1.32. The molecule has 0 aliphatic rings. The Kier molecular flexibility index (Phi) is 5.17. The molecule has 1 aromatic carbocycles. The van der Waals surface area contributed by atoms with Crippen molar-refractivity contribution in [1.29, 1.82) is 0 Å². The molecule has 0 bridgehead atoms. The molecule has 0 aliphatic heterocycles. The van der Waals surface area contributed by atoms with E-state index < -0.39 is 0 Å². The first kappa shape index (κ1) is 12.6. The minimum Gasteiger partial charge on any atom is -0.380 e. The van der Waals surface area contributed by atoms with Crippen LogP contribution in [0.3, 0.4) is 0 Å². The van der Waals surface area contributed by atoms with Gasteiger partial charge in [0.2, 0.25) is 0 Å². The minimum atomic E-state index is -0.253. The third-order valence-electron chi connectivity index (χ3n) is 1.98. The maximum absolute atomic E-state index is 13.8. The first-order chi connectivity index (χ1) is 7.19. The average Bonchev–Trinajstić information content (AvgIpc) is 2.21. The second kappa shape index (κ2) is 6.17. The highest BCUT2D eigenvalue weighted by Crippen LogP contribution is 2.21. The molecule has 3 nitrogen and oxygen atoms in total. The highest BCUT2D eigenvalue weighted by Gasteiger charge is 2.09. The lowest BCUT2D eigenvalue weighted by molar-refractivity contribution is 0.140. The summed E-state index contributed by atoms with van der Waals surface area (Å²) >= 11 is 3.31. The van der Waals surface area contributed by atoms with Gasteiger partial charge in [0.25, 0.3) is 0 Å².